The van der Waals surface area contributed by atoms with Crippen molar-refractivity contribution in [2.24, 2.45) is 0 Å². The summed E-state index contributed by atoms with van der Waals surface area (Å²) in [6, 6.07) is 11.0. The molecule has 4 nitrogen and oxygen atoms in total. The molecule has 0 aliphatic carbocycles. The first-order valence-electron chi connectivity index (χ1n) is 7.82. The van der Waals surface area contributed by atoms with E-state index in [1.54, 1.807) is 12.1 Å². The third kappa shape index (κ3) is 4.93. The Bertz CT molecular complexity index is 665. The van der Waals surface area contributed by atoms with Crippen molar-refractivity contribution in [3.8, 4) is 0 Å². The molecule has 0 saturated heterocycles. The molecule has 1 aromatic carbocycles. The summed E-state index contributed by atoms with van der Waals surface area (Å²) in [5.74, 6) is -0.202. The molecule has 0 aliphatic heterocycles. The van der Waals surface area contributed by atoms with Crippen LogP contribution in [0.5, 0.6) is 0 Å². The lowest BCUT2D eigenvalue weighted by Gasteiger charge is -2.06. The SMILES string of the molecule is CCCc1cc(C(=O)NCCNC(=O)c2ccccc2)sc1C. The van der Waals surface area contributed by atoms with E-state index in [0.29, 0.717) is 18.7 Å². The highest BCUT2D eigenvalue weighted by atomic mass is 32.1. The van der Waals surface area contributed by atoms with E-state index in [0.717, 1.165) is 17.7 Å². The van der Waals surface area contributed by atoms with Crippen LogP contribution in [0, 0.1) is 6.92 Å². The second-order valence-corrected chi connectivity index (χ2v) is 6.58. The Balaban J connectivity index is 1.77. The quantitative estimate of drug-likeness (QED) is 0.766. The summed E-state index contributed by atoms with van der Waals surface area (Å²) in [4.78, 5) is 25.9. The van der Waals surface area contributed by atoms with Gasteiger partial charge in [-0.25, -0.2) is 0 Å². The number of rotatable bonds is 7. The van der Waals surface area contributed by atoms with E-state index in [-0.39, 0.29) is 11.8 Å². The molecule has 23 heavy (non-hydrogen) atoms. The third-order valence-electron chi connectivity index (χ3n) is 3.50. The summed E-state index contributed by atoms with van der Waals surface area (Å²) in [5.41, 5.74) is 1.87. The topological polar surface area (TPSA) is 58.2 Å². The lowest BCUT2D eigenvalue weighted by Crippen LogP contribution is -2.34. The van der Waals surface area contributed by atoms with Crippen LogP contribution in [0.15, 0.2) is 36.4 Å². The summed E-state index contributed by atoms with van der Waals surface area (Å²) in [5, 5.41) is 5.64. The van der Waals surface area contributed by atoms with Crippen LogP contribution in [-0.2, 0) is 6.42 Å². The van der Waals surface area contributed by atoms with Gasteiger partial charge in [0.05, 0.1) is 4.88 Å². The minimum absolute atomic E-state index is 0.0746. The second kappa shape index (κ2) is 8.48. The molecule has 1 heterocycles. The van der Waals surface area contributed by atoms with Crippen molar-refractivity contribution < 1.29 is 9.59 Å². The van der Waals surface area contributed by atoms with Gasteiger partial charge in [0, 0.05) is 23.5 Å². The average molecular weight is 330 g/mol. The summed E-state index contributed by atoms with van der Waals surface area (Å²) in [6.07, 6.45) is 2.08. The summed E-state index contributed by atoms with van der Waals surface area (Å²) in [6.45, 7) is 5.00. The van der Waals surface area contributed by atoms with Crippen molar-refractivity contribution in [3.05, 3.63) is 57.3 Å². The number of hydrogen-bond acceptors (Lipinski definition) is 3. The lowest BCUT2D eigenvalue weighted by molar-refractivity contribution is 0.0929. The first-order valence-corrected chi connectivity index (χ1v) is 8.64. The molecule has 0 spiro atoms. The maximum Gasteiger partial charge on any atom is 0.261 e. The second-order valence-electron chi connectivity index (χ2n) is 5.32. The molecule has 5 heteroatoms. The molecule has 2 aromatic rings. The van der Waals surface area contributed by atoms with Gasteiger partial charge in [-0.3, -0.25) is 9.59 Å². The number of thiophene rings is 1. The largest absolute Gasteiger partial charge is 0.350 e. The molecule has 0 bridgehead atoms. The number of aryl methyl sites for hydroxylation is 2. The van der Waals surface area contributed by atoms with Crippen LogP contribution in [0.1, 0.15) is 43.8 Å². The van der Waals surface area contributed by atoms with Gasteiger partial charge in [-0.2, -0.15) is 0 Å². The first kappa shape index (κ1) is 17.2. The molecule has 0 radical (unpaired) electrons. The Labute approximate surface area is 140 Å². The van der Waals surface area contributed by atoms with Crippen molar-refractivity contribution in [3.63, 3.8) is 0 Å². The van der Waals surface area contributed by atoms with Gasteiger partial charge in [0.2, 0.25) is 0 Å². The minimum atomic E-state index is -0.128. The van der Waals surface area contributed by atoms with E-state index in [9.17, 15) is 9.59 Å². The van der Waals surface area contributed by atoms with Crippen LogP contribution in [0.2, 0.25) is 0 Å². The van der Waals surface area contributed by atoms with Gasteiger partial charge in [0.25, 0.3) is 11.8 Å². The molecule has 0 fully saturated rings. The summed E-state index contributed by atoms with van der Waals surface area (Å²) < 4.78 is 0. The molecular formula is C18H22N2O2S. The van der Waals surface area contributed by atoms with Gasteiger partial charge in [-0.15, -0.1) is 11.3 Å². The Morgan fingerprint density at radius 1 is 1.04 bits per heavy atom. The Morgan fingerprint density at radius 2 is 1.70 bits per heavy atom. The van der Waals surface area contributed by atoms with Gasteiger partial charge >= 0.3 is 0 Å². The van der Waals surface area contributed by atoms with Crippen molar-refractivity contribution in [1.82, 2.24) is 10.6 Å². The first-order chi connectivity index (χ1) is 11.1. The predicted molar refractivity (Wildman–Crippen MR) is 94.2 cm³/mol. The van der Waals surface area contributed by atoms with Crippen LogP contribution in [-0.4, -0.2) is 24.9 Å². The average Bonchev–Trinajstić information content (AvgIpc) is 2.93. The number of amides is 2. The zero-order chi connectivity index (χ0) is 16.7. The standard InChI is InChI=1S/C18H22N2O2S/c1-3-7-15-12-16(23-13(15)2)18(22)20-11-10-19-17(21)14-8-5-4-6-9-14/h4-6,8-9,12H,3,7,10-11H2,1-2H3,(H,19,21)(H,20,22). The maximum atomic E-state index is 12.1. The van der Waals surface area contributed by atoms with E-state index >= 15 is 0 Å². The van der Waals surface area contributed by atoms with Crippen LogP contribution in [0.4, 0.5) is 0 Å². The van der Waals surface area contributed by atoms with Crippen LogP contribution >= 0.6 is 11.3 Å². The molecule has 2 rings (SSSR count). The van der Waals surface area contributed by atoms with Gasteiger partial charge in [-0.05, 0) is 37.1 Å². The van der Waals surface area contributed by atoms with Crippen LogP contribution in [0.25, 0.3) is 0 Å². The van der Waals surface area contributed by atoms with E-state index < -0.39 is 0 Å². The molecule has 0 aliphatic rings. The van der Waals surface area contributed by atoms with Gasteiger partial charge in [0.1, 0.15) is 0 Å². The normalized spacial score (nSPS) is 10.3. The van der Waals surface area contributed by atoms with Gasteiger partial charge in [-0.1, -0.05) is 31.5 Å². The fourth-order valence-corrected chi connectivity index (χ4v) is 3.27. The summed E-state index contributed by atoms with van der Waals surface area (Å²) in [7, 11) is 0. The fraction of sp³-hybridized carbons (Fsp3) is 0.333. The number of hydrogen-bond donors (Lipinski definition) is 2. The van der Waals surface area contributed by atoms with Gasteiger partial charge in [0.15, 0.2) is 0 Å². The molecule has 2 N–H and O–H groups in total. The molecule has 0 atom stereocenters. The number of nitrogens with one attached hydrogen (secondary N) is 2. The van der Waals surface area contributed by atoms with E-state index in [1.807, 2.05) is 31.2 Å². The van der Waals surface area contributed by atoms with Crippen molar-refractivity contribution in [2.75, 3.05) is 13.1 Å². The highest BCUT2D eigenvalue weighted by Gasteiger charge is 2.11. The molecular weight excluding hydrogens is 308 g/mol. The summed E-state index contributed by atoms with van der Waals surface area (Å²) >= 11 is 1.52. The molecule has 2 amide bonds. The van der Waals surface area contributed by atoms with Crippen LogP contribution in [0.3, 0.4) is 0 Å². The monoisotopic (exact) mass is 330 g/mol. The third-order valence-corrected chi connectivity index (χ3v) is 4.59. The fourth-order valence-electron chi connectivity index (χ4n) is 2.28. The predicted octanol–water partition coefficient (Wildman–Crippen LogP) is 3.17. The van der Waals surface area contributed by atoms with Gasteiger partial charge < -0.3 is 10.6 Å². The van der Waals surface area contributed by atoms with Crippen LogP contribution < -0.4 is 10.6 Å². The zero-order valence-corrected chi connectivity index (χ0v) is 14.3. The van der Waals surface area contributed by atoms with Crippen molar-refractivity contribution in [2.45, 2.75) is 26.7 Å². The molecule has 0 unspecified atom stereocenters. The Kier molecular flexibility index (Phi) is 6.35. The zero-order valence-electron chi connectivity index (χ0n) is 13.5. The van der Waals surface area contributed by atoms with E-state index in [1.165, 1.54) is 21.8 Å². The Morgan fingerprint density at radius 3 is 2.35 bits per heavy atom. The molecule has 1 aromatic heterocycles. The van der Waals surface area contributed by atoms with Crippen molar-refractivity contribution >= 4 is 23.2 Å². The minimum Gasteiger partial charge on any atom is -0.350 e. The lowest BCUT2D eigenvalue weighted by atomic mass is 10.1. The highest BCUT2D eigenvalue weighted by Crippen LogP contribution is 2.22. The number of carbonyl (C=O) groups is 2. The number of benzene rings is 1. The maximum absolute atomic E-state index is 12.1. The number of carbonyl (C=O) groups excluding carboxylic acids is 2. The molecule has 122 valence electrons. The van der Waals surface area contributed by atoms with E-state index in [2.05, 4.69) is 17.6 Å². The Hall–Kier alpha value is -2.14. The van der Waals surface area contributed by atoms with E-state index in [4.69, 9.17) is 0 Å². The van der Waals surface area contributed by atoms with Crippen molar-refractivity contribution in [1.29, 1.82) is 0 Å². The smallest absolute Gasteiger partial charge is 0.261 e. The highest BCUT2D eigenvalue weighted by molar-refractivity contribution is 7.14. The molecule has 0 saturated carbocycles.